The maximum atomic E-state index is 13.3. The first-order valence-electron chi connectivity index (χ1n) is 47.4. The summed E-state index contributed by atoms with van der Waals surface area (Å²) in [6.45, 7) is 19.4. The van der Waals surface area contributed by atoms with Crippen molar-refractivity contribution in [1.82, 2.24) is 20.0 Å². The number of nitriles is 2. The molecule has 653 valence electrons. The Balaban J connectivity index is 0.000000220. The fourth-order valence-electron chi connectivity index (χ4n) is 25.8. The fraction of sp³-hybridized carbons (Fsp3) is 0.847. The molecule has 0 unspecified atom stereocenters. The van der Waals surface area contributed by atoms with Crippen molar-refractivity contribution in [3.05, 3.63) is 35.9 Å². The SMILES string of the molecule is CC(=O)[C@H]1COC[C@H]2[C@@H]3CC[C@@H]4C[C@](C)(O)CC[C@@H]4[C@H]3CC[C@]12C.CO.C[C@@]1(O)CC[C@H]2[C@H](CC[C@@H]3[C@@H]2CC[C@]2(C)[C@@H](C(=O)CBr)COC[C@@H]32)C1.C[C@@]1(O)CC[C@H]2[C@H](CC[C@@H]3[C@@H]2CC[C@]2(C)[C@@H](C(=O)Cn4cc(C#N)cn4)COC[C@@H]32)C1.N#Cc1cn[nH]c1.[B]B([B])B(B([B])[B])I(I)B(B([B])[B])B([B])[B].[B]B([B])B([B])I(I)B(B([B])[B])B([B])[B].[B][B]B(B([B])[B])I(I)B(B([B])[B])B([B])[B]. The summed E-state index contributed by atoms with van der Waals surface area (Å²) in [5.41, 5.74) is -0.0609. The van der Waals surface area contributed by atoms with Crippen LogP contribution in [0.25, 0.3) is 0 Å². The molecule has 3 aliphatic heterocycles. The number of rotatable bonds is 23. The molecular formula is C72H109B39BrI6N6O10. The summed E-state index contributed by atoms with van der Waals surface area (Å²) in [5, 5.41) is 66.4. The average Bonchev–Trinajstić information content (AvgIpc) is 0.907. The van der Waals surface area contributed by atoms with Crippen molar-refractivity contribution >= 4 is 403 Å². The zero-order valence-electron chi connectivity index (χ0n) is 79.8. The van der Waals surface area contributed by atoms with Gasteiger partial charge in [-0.1, -0.05) is 36.7 Å². The number of Topliss-reactive ketones (excluding diaryl/α,β-unsaturated/α-hetero) is 3. The fourth-order valence-corrected chi connectivity index (χ4v) is 59.5. The number of ketones is 3. The van der Waals surface area contributed by atoms with Crippen LogP contribution in [-0.4, -0.2) is 394 Å². The molecule has 0 aromatic carbocycles. The predicted octanol–water partition coefficient (Wildman–Crippen LogP) is 1.97. The van der Waals surface area contributed by atoms with Crippen molar-refractivity contribution in [2.24, 2.45) is 123 Å². The molecule has 2 aromatic rings. The third-order valence-electron chi connectivity index (χ3n) is 32.6. The number of hydrogen-bond acceptors (Lipinski definition) is 14. The van der Waals surface area contributed by atoms with Gasteiger partial charge in [0.1, 0.15) is 23.7 Å². The summed E-state index contributed by atoms with van der Waals surface area (Å²) in [4.78, 5) is 38.1. The second-order valence-electron chi connectivity index (χ2n) is 41.7. The molecule has 12 aliphatic rings. The van der Waals surface area contributed by atoms with Gasteiger partial charge in [-0.05, 0) is 268 Å². The summed E-state index contributed by atoms with van der Waals surface area (Å²) < 4.78 is 18.5. The number of alkyl halides is 1. The average molecular weight is 2480 g/mol. The second kappa shape index (κ2) is 56.6. The summed E-state index contributed by atoms with van der Waals surface area (Å²) in [7, 11) is 126. The van der Waals surface area contributed by atoms with Crippen molar-refractivity contribution in [2.45, 2.75) is 207 Å². The van der Waals surface area contributed by atoms with Crippen LogP contribution in [0.1, 0.15) is 194 Å². The van der Waals surface area contributed by atoms with Gasteiger partial charge in [0.25, 0.3) is 0 Å². The van der Waals surface area contributed by atoms with E-state index in [9.17, 15) is 29.7 Å². The molecule has 16 nitrogen and oxygen atoms in total. The van der Waals surface area contributed by atoms with E-state index in [0.717, 1.165) is 120 Å². The van der Waals surface area contributed by atoms with Crippen LogP contribution < -0.4 is 0 Å². The molecule has 12 fully saturated rings. The van der Waals surface area contributed by atoms with Gasteiger partial charge in [0.2, 0.25) is 0 Å². The molecule has 14 rings (SSSR count). The summed E-state index contributed by atoms with van der Waals surface area (Å²) in [5.74, 6) is 11.2. The summed E-state index contributed by atoms with van der Waals surface area (Å²) in [6, 6.07) is 3.99. The van der Waals surface area contributed by atoms with Gasteiger partial charge in [-0.15, -0.1) is 0 Å². The van der Waals surface area contributed by atoms with Crippen LogP contribution in [0.2, 0.25) is 0 Å². The van der Waals surface area contributed by atoms with E-state index in [0.29, 0.717) is 95.2 Å². The Morgan fingerprint density at radius 3 is 1.08 bits per heavy atom. The standard InChI is InChI=1S/C25H35N3O3.C21H33BrO3.C21H34O3.C4H3N3.CH4O.B14I2.B13I2.B12I2/c1-24(30)7-5-18-17(9-24)3-4-20-19(18)6-8-25(2)21(20)14-31-15-22(25)23(29)13-28-12-16(10-26)11-27-28;1-20(24)7-5-14-13(9-20)3-4-16-15(14)6-8-21(2)17(16)11-25-12-18(21)19(23)10-22;1-13(22)18-11-24-12-19-17-5-4-14-10-20(2,23)8-6-15(14)16(17)7-9-21(18,19)3;5-1-4-2-6-7-3-4;1-2;1-9(2)13(10(3)4)16(15)14(11(5)6)12(7)8;1-8-12(9(2)3)15(14)13(10(4)5)11(6)7;1-8(2)11(7)14(13)12(9(3)4)10(5)6/h11-12,17-22,30H,3-9,13-15H2,1-2H3;13-18,24H,3-12H2,1-2H3;14-19,23H,4-12H2,1-3H3;2-3H,(H,6,7);2H,1H3;;;/t17-,18+,19-,20-,21+,22-,24-,25+;13-,14+,15-,16-,17+,18-,20-,21+;14-,15+,16-,17-,18-,19+,20-,21-;;;;;/m111...../s1. The second-order valence-corrected chi connectivity index (χ2v) is 74.9. The van der Waals surface area contributed by atoms with Crippen molar-refractivity contribution in [2.75, 3.05) is 52.1 Å². The number of ether oxygens (including phenoxy) is 3. The molecule has 5 N–H and O–H groups in total. The van der Waals surface area contributed by atoms with Crippen LogP contribution in [0.4, 0.5) is 0 Å². The Labute approximate surface area is 900 Å². The van der Waals surface area contributed by atoms with Crippen LogP contribution in [0.3, 0.4) is 0 Å². The molecule has 45 radical (unpaired) electrons. The molecular weight excluding hydrogens is 2370 g/mol. The van der Waals surface area contributed by atoms with Gasteiger partial charge in [-0.2, -0.15) is 20.7 Å². The maximum absolute atomic E-state index is 13.3. The van der Waals surface area contributed by atoms with E-state index in [1.165, 1.54) is 103 Å². The number of aromatic nitrogens is 4. The number of hydrogen-bond donors (Lipinski definition) is 5. The van der Waals surface area contributed by atoms with Crippen LogP contribution in [0.15, 0.2) is 24.8 Å². The van der Waals surface area contributed by atoms with Gasteiger partial charge >= 0.3 is 369 Å². The van der Waals surface area contributed by atoms with E-state index in [1.54, 1.807) is 24.0 Å². The van der Waals surface area contributed by atoms with Crippen molar-refractivity contribution in [3.8, 4) is 12.1 Å². The Kier molecular flexibility index (Phi) is 52.5. The molecule has 2 aromatic heterocycles. The van der Waals surface area contributed by atoms with E-state index in [4.69, 9.17) is 200 Å². The molecule has 0 spiro atoms. The van der Waals surface area contributed by atoms with Crippen LogP contribution >= 0.6 is 118 Å². The number of carbonyl (C=O) groups excluding carboxylic acids is 3. The van der Waals surface area contributed by atoms with E-state index >= 15 is 0 Å². The number of nitrogens with zero attached hydrogens (tertiary/aromatic N) is 5. The molecule has 62 heteroatoms. The number of fused-ring (bicyclic) bond motifs is 15. The van der Waals surface area contributed by atoms with E-state index in [1.807, 2.05) is 26.8 Å². The first-order valence-corrected chi connectivity index (χ1v) is 74.9. The van der Waals surface area contributed by atoms with E-state index in [-0.39, 0.29) is 72.4 Å². The molecule has 3 saturated heterocycles. The Bertz CT molecular complexity index is 3970. The summed E-state index contributed by atoms with van der Waals surface area (Å²) in [6.07, 6.45) is 24.4. The third kappa shape index (κ3) is 32.3. The Morgan fingerprint density at radius 1 is 0.463 bits per heavy atom. The van der Waals surface area contributed by atoms with Gasteiger partial charge in [-0.3, -0.25) is 24.2 Å². The zero-order valence-corrected chi connectivity index (χ0v) is 94.4. The molecule has 24 atom stereocenters. The molecule has 0 amide bonds. The Hall–Kier alpha value is 3.52. The monoisotopic (exact) mass is 2490 g/mol. The van der Waals surface area contributed by atoms with Gasteiger partial charge in [0.05, 0.1) is 91.8 Å². The third-order valence-corrected chi connectivity index (χ3v) is 72.0. The predicted molar refractivity (Wildman–Crippen MR) is 650 cm³/mol. The van der Waals surface area contributed by atoms with Gasteiger partial charge in [0.15, 0.2) is 5.78 Å². The van der Waals surface area contributed by atoms with Crippen LogP contribution in [0.5, 0.6) is 0 Å². The molecule has 0 bridgehead atoms. The zero-order chi connectivity index (χ0) is 101. The van der Waals surface area contributed by atoms with E-state index in [2.05, 4.69) is 114 Å². The van der Waals surface area contributed by atoms with Gasteiger partial charge in [-0.25, -0.2) is 0 Å². The van der Waals surface area contributed by atoms with Gasteiger partial charge in [0, 0.05) is 37.3 Å². The molecule has 9 aliphatic carbocycles. The molecule has 5 heterocycles. The number of nitrogens with one attached hydrogen (secondary N) is 1. The number of aliphatic hydroxyl groups is 4. The first-order chi connectivity index (χ1) is 62.7. The van der Waals surface area contributed by atoms with Gasteiger partial charge < -0.3 is 34.6 Å². The van der Waals surface area contributed by atoms with E-state index < -0.39 is 127 Å². The molecule has 9 saturated carbocycles. The van der Waals surface area contributed by atoms with Crippen molar-refractivity contribution in [3.63, 3.8) is 0 Å². The topological polar surface area (TPSA) is 254 Å². The Morgan fingerprint density at radius 2 is 0.791 bits per heavy atom. The first kappa shape index (κ1) is 124. The van der Waals surface area contributed by atoms with Crippen LogP contribution in [-0.2, 0) is 35.1 Å². The van der Waals surface area contributed by atoms with Crippen molar-refractivity contribution in [1.29, 1.82) is 10.5 Å². The van der Waals surface area contributed by atoms with Crippen LogP contribution in [0, 0.1) is 145 Å². The van der Waals surface area contributed by atoms with Crippen molar-refractivity contribution < 1.29 is 49.0 Å². The number of H-pyrrole nitrogens is 1. The normalized spacial score (nSPS) is 33.7. The number of carbonyl (C=O) groups is 3. The molecule has 134 heavy (non-hydrogen) atoms. The quantitative estimate of drug-likeness (QED) is 0.0607. The minimum absolute atomic E-state index is 0.0191. The number of aliphatic hydroxyl groups excluding tert-OH is 1. The number of halogens is 7. The number of aromatic amines is 1. The summed E-state index contributed by atoms with van der Waals surface area (Å²) >= 11 is 4.73. The minimum atomic E-state index is -1.89.